The summed E-state index contributed by atoms with van der Waals surface area (Å²) in [5.74, 6) is 0.392. The molecule has 0 unspecified atom stereocenters. The third-order valence-corrected chi connectivity index (χ3v) is 4.63. The van der Waals surface area contributed by atoms with Crippen LogP contribution in [0.3, 0.4) is 0 Å². The summed E-state index contributed by atoms with van der Waals surface area (Å²) in [7, 11) is 0. The van der Waals surface area contributed by atoms with Crippen molar-refractivity contribution in [2.24, 2.45) is 0 Å². The number of aryl methyl sites for hydroxylation is 1. The number of nitrogens with one attached hydrogen (secondary N) is 2. The van der Waals surface area contributed by atoms with E-state index in [1.54, 1.807) is 16.9 Å². The van der Waals surface area contributed by atoms with Crippen LogP contribution in [0.5, 0.6) is 0 Å². The number of hydrogen-bond acceptors (Lipinski definition) is 3. The van der Waals surface area contributed by atoms with Gasteiger partial charge in [-0.2, -0.15) is 5.10 Å². The molecule has 2 amide bonds. The summed E-state index contributed by atoms with van der Waals surface area (Å²) in [6.45, 7) is 3.00. The van der Waals surface area contributed by atoms with Gasteiger partial charge in [0.15, 0.2) is 0 Å². The number of amides is 2. The van der Waals surface area contributed by atoms with E-state index < -0.39 is 0 Å². The van der Waals surface area contributed by atoms with Gasteiger partial charge in [-0.15, -0.1) is 0 Å². The maximum absolute atomic E-state index is 12.2. The highest BCUT2D eigenvalue weighted by molar-refractivity contribution is 5.90. The molecule has 0 aliphatic heterocycles. The number of anilines is 1. The van der Waals surface area contributed by atoms with Gasteiger partial charge in [-0.05, 0) is 23.1 Å². The summed E-state index contributed by atoms with van der Waals surface area (Å²) in [4.78, 5) is 24.2. The van der Waals surface area contributed by atoms with Gasteiger partial charge in [0.25, 0.3) is 0 Å². The Kier molecular flexibility index (Phi) is 7.16. The second-order valence-electron chi connectivity index (χ2n) is 6.85. The Labute approximate surface area is 170 Å². The molecule has 0 spiro atoms. The minimum Gasteiger partial charge on any atom is -0.355 e. The van der Waals surface area contributed by atoms with Crippen molar-refractivity contribution < 1.29 is 9.59 Å². The third kappa shape index (κ3) is 6.31. The maximum Gasteiger partial charge on any atom is 0.227 e. The van der Waals surface area contributed by atoms with Crippen LogP contribution in [-0.2, 0) is 29.0 Å². The lowest BCUT2D eigenvalue weighted by Crippen LogP contribution is -2.29. The zero-order valence-electron chi connectivity index (χ0n) is 16.6. The zero-order valence-corrected chi connectivity index (χ0v) is 16.6. The first kappa shape index (κ1) is 20.3. The largest absolute Gasteiger partial charge is 0.355 e. The number of hydrogen-bond donors (Lipinski definition) is 2. The highest BCUT2D eigenvalue weighted by Crippen LogP contribution is 2.12. The second-order valence-corrected chi connectivity index (χ2v) is 6.85. The molecule has 2 aromatic carbocycles. The Hall–Kier alpha value is -3.41. The van der Waals surface area contributed by atoms with Crippen LogP contribution in [0.1, 0.15) is 30.0 Å². The van der Waals surface area contributed by atoms with E-state index in [9.17, 15) is 9.59 Å². The van der Waals surface area contributed by atoms with E-state index in [0.29, 0.717) is 25.3 Å². The van der Waals surface area contributed by atoms with Gasteiger partial charge in [0.2, 0.25) is 11.8 Å². The Morgan fingerprint density at radius 2 is 1.62 bits per heavy atom. The fourth-order valence-corrected chi connectivity index (χ4v) is 2.98. The van der Waals surface area contributed by atoms with Crippen LogP contribution in [0.2, 0.25) is 0 Å². The number of benzene rings is 2. The van der Waals surface area contributed by atoms with Crippen LogP contribution < -0.4 is 10.6 Å². The fourth-order valence-electron chi connectivity index (χ4n) is 2.98. The van der Waals surface area contributed by atoms with E-state index in [2.05, 4.69) is 46.9 Å². The van der Waals surface area contributed by atoms with E-state index in [1.807, 2.05) is 30.3 Å². The molecule has 3 rings (SSSR count). The van der Waals surface area contributed by atoms with Crippen molar-refractivity contribution >= 4 is 17.6 Å². The quantitative estimate of drug-likeness (QED) is 0.589. The Morgan fingerprint density at radius 1 is 0.897 bits per heavy atom. The van der Waals surface area contributed by atoms with Crippen LogP contribution in [0.4, 0.5) is 5.82 Å². The van der Waals surface area contributed by atoms with Crippen molar-refractivity contribution in [1.29, 1.82) is 0 Å². The van der Waals surface area contributed by atoms with Gasteiger partial charge in [-0.1, -0.05) is 61.5 Å². The Morgan fingerprint density at radius 3 is 2.34 bits per heavy atom. The molecule has 1 heterocycles. The van der Waals surface area contributed by atoms with E-state index >= 15 is 0 Å². The molecule has 6 heteroatoms. The molecule has 0 saturated carbocycles. The van der Waals surface area contributed by atoms with Crippen LogP contribution in [0, 0.1) is 0 Å². The maximum atomic E-state index is 12.2. The summed E-state index contributed by atoms with van der Waals surface area (Å²) in [6, 6.07) is 19.7. The molecule has 29 heavy (non-hydrogen) atoms. The minimum atomic E-state index is -0.159. The number of aromatic nitrogens is 2. The van der Waals surface area contributed by atoms with Crippen molar-refractivity contribution in [2.45, 2.75) is 32.7 Å². The molecule has 0 saturated heterocycles. The Bertz CT molecular complexity index is 933. The molecule has 1 aromatic heterocycles. The topological polar surface area (TPSA) is 76.0 Å². The van der Waals surface area contributed by atoms with Crippen molar-refractivity contribution in [1.82, 2.24) is 15.1 Å². The van der Waals surface area contributed by atoms with Gasteiger partial charge in [0.1, 0.15) is 5.82 Å². The highest BCUT2D eigenvalue weighted by Gasteiger charge is 2.09. The van der Waals surface area contributed by atoms with Gasteiger partial charge in [-0.3, -0.25) is 9.59 Å². The monoisotopic (exact) mass is 390 g/mol. The van der Waals surface area contributed by atoms with Crippen molar-refractivity contribution in [2.75, 3.05) is 11.9 Å². The van der Waals surface area contributed by atoms with Crippen molar-refractivity contribution in [3.05, 3.63) is 83.6 Å². The second kappa shape index (κ2) is 10.2. The Balaban J connectivity index is 1.45. The number of carbonyl (C=O) groups excluding carboxylic acids is 2. The minimum absolute atomic E-state index is 0.0930. The average molecular weight is 390 g/mol. The standard InChI is InChI=1S/C23H26N4O2/c1-2-18-8-10-20(11-9-18)17-27-21(12-15-25-27)26-22(28)13-14-24-23(29)16-19-6-4-3-5-7-19/h3-12,15H,2,13-14,16-17H2,1H3,(H,24,29)(H,26,28). The molecule has 0 atom stereocenters. The molecular weight excluding hydrogens is 364 g/mol. The lowest BCUT2D eigenvalue weighted by molar-refractivity contribution is -0.120. The lowest BCUT2D eigenvalue weighted by atomic mass is 10.1. The number of rotatable bonds is 9. The van der Waals surface area contributed by atoms with Crippen LogP contribution in [0.25, 0.3) is 0 Å². The fraction of sp³-hybridized carbons (Fsp3) is 0.261. The zero-order chi connectivity index (χ0) is 20.5. The molecule has 0 bridgehead atoms. The predicted octanol–water partition coefficient (Wildman–Crippen LogP) is 3.18. The van der Waals surface area contributed by atoms with Gasteiger partial charge >= 0.3 is 0 Å². The van der Waals surface area contributed by atoms with E-state index in [0.717, 1.165) is 17.5 Å². The lowest BCUT2D eigenvalue weighted by Gasteiger charge is -2.10. The summed E-state index contributed by atoms with van der Waals surface area (Å²) in [6.07, 6.45) is 3.19. The first-order valence-corrected chi connectivity index (χ1v) is 9.84. The van der Waals surface area contributed by atoms with Crippen molar-refractivity contribution in [3.63, 3.8) is 0 Å². The molecular formula is C23H26N4O2. The van der Waals surface area contributed by atoms with E-state index in [4.69, 9.17) is 0 Å². The third-order valence-electron chi connectivity index (χ3n) is 4.63. The summed E-state index contributed by atoms with van der Waals surface area (Å²) < 4.78 is 1.76. The molecule has 0 aliphatic rings. The molecule has 3 aromatic rings. The van der Waals surface area contributed by atoms with Crippen LogP contribution in [0.15, 0.2) is 66.9 Å². The summed E-state index contributed by atoms with van der Waals surface area (Å²) in [5, 5.41) is 9.95. The summed E-state index contributed by atoms with van der Waals surface area (Å²) in [5.41, 5.74) is 3.36. The molecule has 2 N–H and O–H groups in total. The van der Waals surface area contributed by atoms with Gasteiger partial charge in [0.05, 0.1) is 19.2 Å². The van der Waals surface area contributed by atoms with Crippen LogP contribution in [-0.4, -0.2) is 28.1 Å². The molecule has 6 nitrogen and oxygen atoms in total. The van der Waals surface area contributed by atoms with Crippen LogP contribution >= 0.6 is 0 Å². The highest BCUT2D eigenvalue weighted by atomic mass is 16.2. The van der Waals surface area contributed by atoms with Gasteiger partial charge < -0.3 is 10.6 Å². The van der Waals surface area contributed by atoms with Gasteiger partial charge in [-0.25, -0.2) is 4.68 Å². The first-order valence-electron chi connectivity index (χ1n) is 9.84. The predicted molar refractivity (Wildman–Crippen MR) is 114 cm³/mol. The smallest absolute Gasteiger partial charge is 0.227 e. The molecule has 0 fully saturated rings. The first-order chi connectivity index (χ1) is 14.1. The SMILES string of the molecule is CCc1ccc(Cn2nccc2NC(=O)CCNC(=O)Cc2ccccc2)cc1. The number of nitrogens with zero attached hydrogens (tertiary/aromatic N) is 2. The van der Waals surface area contributed by atoms with E-state index in [-0.39, 0.29) is 18.2 Å². The number of carbonyl (C=O) groups is 2. The average Bonchev–Trinajstić information content (AvgIpc) is 3.15. The van der Waals surface area contributed by atoms with Gasteiger partial charge in [0, 0.05) is 19.0 Å². The molecule has 0 aliphatic carbocycles. The van der Waals surface area contributed by atoms with E-state index in [1.165, 1.54) is 5.56 Å². The normalized spacial score (nSPS) is 10.5. The molecule has 150 valence electrons. The summed E-state index contributed by atoms with van der Waals surface area (Å²) >= 11 is 0. The molecule has 0 radical (unpaired) electrons. The van der Waals surface area contributed by atoms with Crippen molar-refractivity contribution in [3.8, 4) is 0 Å².